The number of piperazine rings is 1. The Bertz CT molecular complexity index is 887. The molecule has 1 atom stereocenters. The van der Waals surface area contributed by atoms with Crippen LogP contribution in [0.5, 0.6) is 0 Å². The Morgan fingerprint density at radius 2 is 2.12 bits per heavy atom. The lowest BCUT2D eigenvalue weighted by atomic mass is 10.0. The quantitative estimate of drug-likeness (QED) is 0.894. The summed E-state index contributed by atoms with van der Waals surface area (Å²) in [6, 6.07) is 3.70. The number of aryl methyl sites for hydroxylation is 1. The van der Waals surface area contributed by atoms with E-state index in [-0.39, 0.29) is 24.0 Å². The molecule has 2 heterocycles. The van der Waals surface area contributed by atoms with Crippen molar-refractivity contribution in [3.8, 4) is 0 Å². The lowest BCUT2D eigenvalue weighted by molar-refractivity contribution is 0.478. The van der Waals surface area contributed by atoms with Crippen LogP contribution in [0.1, 0.15) is 36.9 Å². The van der Waals surface area contributed by atoms with Crippen molar-refractivity contribution < 1.29 is 4.39 Å². The van der Waals surface area contributed by atoms with Gasteiger partial charge in [0.15, 0.2) is 0 Å². The fourth-order valence-corrected chi connectivity index (χ4v) is 4.11. The largest absolute Gasteiger partial charge is 0.366 e. The van der Waals surface area contributed by atoms with Gasteiger partial charge >= 0.3 is 0 Å². The molecule has 6 heteroatoms. The Hall–Kier alpha value is -1.92. The number of pyridine rings is 1. The van der Waals surface area contributed by atoms with Gasteiger partial charge in [0.05, 0.1) is 11.2 Å². The van der Waals surface area contributed by atoms with E-state index in [1.165, 1.54) is 0 Å². The average molecular weight is 344 g/mol. The molecule has 1 aliphatic heterocycles. The highest BCUT2D eigenvalue weighted by Gasteiger charge is 2.30. The molecule has 1 aliphatic carbocycles. The van der Waals surface area contributed by atoms with Gasteiger partial charge < -0.3 is 20.5 Å². The summed E-state index contributed by atoms with van der Waals surface area (Å²) in [4.78, 5) is 14.8. The predicted octanol–water partition coefficient (Wildman–Crippen LogP) is 2.04. The molecule has 2 fully saturated rings. The number of anilines is 1. The first kappa shape index (κ1) is 16.5. The van der Waals surface area contributed by atoms with Crippen molar-refractivity contribution in [2.24, 2.45) is 5.73 Å². The second-order valence-corrected chi connectivity index (χ2v) is 7.34. The van der Waals surface area contributed by atoms with E-state index < -0.39 is 0 Å². The highest BCUT2D eigenvalue weighted by atomic mass is 19.1. The molecule has 0 spiro atoms. The van der Waals surface area contributed by atoms with Gasteiger partial charge in [0.1, 0.15) is 5.82 Å². The van der Waals surface area contributed by atoms with Crippen molar-refractivity contribution in [1.82, 2.24) is 9.88 Å². The van der Waals surface area contributed by atoms with Gasteiger partial charge in [-0.3, -0.25) is 4.79 Å². The number of rotatable bonds is 3. The zero-order valence-corrected chi connectivity index (χ0v) is 14.8. The monoisotopic (exact) mass is 344 g/mol. The van der Waals surface area contributed by atoms with Crippen LogP contribution in [-0.4, -0.2) is 30.2 Å². The Labute approximate surface area is 146 Å². The van der Waals surface area contributed by atoms with E-state index in [0.717, 1.165) is 54.5 Å². The first-order valence-corrected chi connectivity index (χ1v) is 9.07. The molecule has 134 valence electrons. The van der Waals surface area contributed by atoms with Gasteiger partial charge in [-0.15, -0.1) is 0 Å². The van der Waals surface area contributed by atoms with Gasteiger partial charge in [0.25, 0.3) is 5.56 Å². The summed E-state index contributed by atoms with van der Waals surface area (Å²) in [5.41, 5.74) is 8.87. The van der Waals surface area contributed by atoms with Crippen molar-refractivity contribution in [1.29, 1.82) is 0 Å². The fraction of sp³-hybridized carbons (Fsp3) is 0.526. The van der Waals surface area contributed by atoms with Crippen LogP contribution in [0.25, 0.3) is 10.9 Å². The molecule has 0 bridgehead atoms. The average Bonchev–Trinajstić information content (AvgIpc) is 3.39. The standard InChI is InChI=1S/C19H25FN4O/c1-11-10-23(6-5-22-11)19-12(2)18-15(8-16(19)20)13(9-21)7-17(25)24(18)14-3-4-14/h7-8,11,14,22H,3-6,9-10,21H2,1-2H3. The minimum atomic E-state index is -0.227. The lowest BCUT2D eigenvalue weighted by Gasteiger charge is -2.35. The number of hydrogen-bond acceptors (Lipinski definition) is 4. The van der Waals surface area contributed by atoms with Crippen LogP contribution in [0.3, 0.4) is 0 Å². The first-order valence-electron chi connectivity index (χ1n) is 9.07. The zero-order valence-electron chi connectivity index (χ0n) is 14.8. The molecule has 5 nitrogen and oxygen atoms in total. The highest BCUT2D eigenvalue weighted by Crippen LogP contribution is 2.40. The molecule has 0 radical (unpaired) electrons. The summed E-state index contributed by atoms with van der Waals surface area (Å²) in [5, 5.41) is 4.16. The van der Waals surface area contributed by atoms with Crippen molar-refractivity contribution in [3.05, 3.63) is 39.4 Å². The Morgan fingerprint density at radius 1 is 1.36 bits per heavy atom. The van der Waals surface area contributed by atoms with E-state index in [1.807, 2.05) is 11.5 Å². The van der Waals surface area contributed by atoms with Crippen molar-refractivity contribution in [2.45, 2.75) is 45.3 Å². The van der Waals surface area contributed by atoms with Gasteiger partial charge in [-0.25, -0.2) is 4.39 Å². The minimum absolute atomic E-state index is 0.0233. The van der Waals surface area contributed by atoms with Crippen molar-refractivity contribution in [2.75, 3.05) is 24.5 Å². The Kier molecular flexibility index (Phi) is 4.04. The topological polar surface area (TPSA) is 63.3 Å². The molecule has 2 aliphatic rings. The molecule has 1 aromatic heterocycles. The number of benzene rings is 1. The summed E-state index contributed by atoms with van der Waals surface area (Å²) in [5.74, 6) is -0.227. The molecule has 3 N–H and O–H groups in total. The normalized spacial score (nSPS) is 21.1. The number of aromatic nitrogens is 1. The van der Waals surface area contributed by atoms with Crippen LogP contribution >= 0.6 is 0 Å². The third kappa shape index (κ3) is 2.73. The summed E-state index contributed by atoms with van der Waals surface area (Å²) in [6.45, 7) is 6.63. The number of nitrogens with zero attached hydrogens (tertiary/aromatic N) is 2. The molecule has 1 saturated carbocycles. The van der Waals surface area contributed by atoms with E-state index in [1.54, 1.807) is 12.1 Å². The van der Waals surface area contributed by atoms with E-state index in [0.29, 0.717) is 11.7 Å². The maximum Gasteiger partial charge on any atom is 0.251 e. The van der Waals surface area contributed by atoms with E-state index in [4.69, 9.17) is 5.73 Å². The van der Waals surface area contributed by atoms with Crippen molar-refractivity contribution >= 4 is 16.6 Å². The molecular weight excluding hydrogens is 319 g/mol. The van der Waals surface area contributed by atoms with Crippen LogP contribution < -0.4 is 21.5 Å². The molecule has 25 heavy (non-hydrogen) atoms. The van der Waals surface area contributed by atoms with E-state index in [9.17, 15) is 4.79 Å². The van der Waals surface area contributed by atoms with Crippen molar-refractivity contribution in [3.63, 3.8) is 0 Å². The number of nitrogens with one attached hydrogen (secondary N) is 1. The molecule has 1 saturated heterocycles. The number of fused-ring (bicyclic) bond motifs is 1. The van der Waals surface area contributed by atoms with Gasteiger partial charge in [0.2, 0.25) is 0 Å². The minimum Gasteiger partial charge on any atom is -0.366 e. The van der Waals surface area contributed by atoms with Gasteiger partial charge in [-0.2, -0.15) is 0 Å². The van der Waals surface area contributed by atoms with E-state index in [2.05, 4.69) is 17.1 Å². The molecule has 0 amide bonds. The SMILES string of the molecule is Cc1c(N2CCNC(C)C2)c(F)cc2c(CN)cc(=O)n(C3CC3)c12. The summed E-state index contributed by atoms with van der Waals surface area (Å²) < 4.78 is 16.9. The van der Waals surface area contributed by atoms with Crippen LogP contribution in [0, 0.1) is 12.7 Å². The molecule has 1 unspecified atom stereocenters. The summed E-state index contributed by atoms with van der Waals surface area (Å²) >= 11 is 0. The Morgan fingerprint density at radius 3 is 2.76 bits per heavy atom. The summed E-state index contributed by atoms with van der Waals surface area (Å²) in [6.07, 6.45) is 2.02. The van der Waals surface area contributed by atoms with E-state index >= 15 is 4.39 Å². The smallest absolute Gasteiger partial charge is 0.251 e. The zero-order chi connectivity index (χ0) is 17.7. The molecule has 1 aromatic carbocycles. The second kappa shape index (κ2) is 6.11. The van der Waals surface area contributed by atoms with Crippen LogP contribution in [0.15, 0.2) is 16.9 Å². The van der Waals surface area contributed by atoms with Gasteiger partial charge in [-0.1, -0.05) is 0 Å². The third-order valence-electron chi connectivity index (χ3n) is 5.40. The third-order valence-corrected chi connectivity index (χ3v) is 5.40. The number of halogens is 1. The first-order chi connectivity index (χ1) is 12.0. The molecule has 2 aromatic rings. The molecular formula is C19H25FN4O. The fourth-order valence-electron chi connectivity index (χ4n) is 4.11. The van der Waals surface area contributed by atoms with Gasteiger partial charge in [0, 0.05) is 49.7 Å². The Balaban J connectivity index is 1.99. The van der Waals surface area contributed by atoms with Crippen LogP contribution in [0.4, 0.5) is 10.1 Å². The molecule has 4 rings (SSSR count). The van der Waals surface area contributed by atoms with Gasteiger partial charge in [-0.05, 0) is 43.9 Å². The summed E-state index contributed by atoms with van der Waals surface area (Å²) in [7, 11) is 0. The number of hydrogen-bond donors (Lipinski definition) is 2. The lowest BCUT2D eigenvalue weighted by Crippen LogP contribution is -2.49. The van der Waals surface area contributed by atoms with Crippen LogP contribution in [-0.2, 0) is 6.54 Å². The number of nitrogens with two attached hydrogens (primary N) is 1. The maximum absolute atomic E-state index is 15.1. The van der Waals surface area contributed by atoms with Crippen LogP contribution in [0.2, 0.25) is 0 Å². The second-order valence-electron chi connectivity index (χ2n) is 7.34. The highest BCUT2D eigenvalue weighted by molar-refractivity contribution is 5.90. The predicted molar refractivity (Wildman–Crippen MR) is 98.7 cm³/mol. The maximum atomic E-state index is 15.1.